The first-order chi connectivity index (χ1) is 12.9. The van der Waals surface area contributed by atoms with Crippen molar-refractivity contribution in [2.24, 2.45) is 0 Å². The molecule has 1 aromatic rings. The minimum atomic E-state index is -0.721. The molecule has 3 rings (SSSR count). The Balaban J connectivity index is 1.87. The van der Waals surface area contributed by atoms with Crippen molar-refractivity contribution in [3.05, 3.63) is 34.4 Å². The van der Waals surface area contributed by atoms with Gasteiger partial charge in [-0.15, -0.1) is 0 Å². The molecule has 1 unspecified atom stereocenters. The van der Waals surface area contributed by atoms with Crippen molar-refractivity contribution in [1.82, 2.24) is 10.2 Å². The van der Waals surface area contributed by atoms with Gasteiger partial charge < -0.3 is 15.0 Å². The number of carbonyl (C=O) groups excluding carboxylic acids is 1. The highest BCUT2D eigenvalue weighted by Crippen LogP contribution is 2.29. The number of aryl methyl sites for hydroxylation is 3. The molecule has 2 heterocycles. The van der Waals surface area contributed by atoms with Gasteiger partial charge in [-0.05, 0) is 76.2 Å². The molecule has 0 aromatic heterocycles. The molecule has 27 heavy (non-hydrogen) atoms. The SMILES string of the molecule is Cc1cc(C)c(CC(=O)N(CC2CCCO2)C2(C#N)CCNCC2)c(C)c1. The van der Waals surface area contributed by atoms with Crippen molar-refractivity contribution < 1.29 is 9.53 Å². The number of nitrogens with one attached hydrogen (secondary N) is 1. The molecule has 146 valence electrons. The van der Waals surface area contributed by atoms with Gasteiger partial charge in [-0.25, -0.2) is 0 Å². The summed E-state index contributed by atoms with van der Waals surface area (Å²) in [5.41, 5.74) is 3.87. The van der Waals surface area contributed by atoms with Crippen LogP contribution < -0.4 is 5.32 Å². The molecule has 1 N–H and O–H groups in total. The summed E-state index contributed by atoms with van der Waals surface area (Å²) in [6.45, 7) is 9.03. The molecule has 2 aliphatic heterocycles. The summed E-state index contributed by atoms with van der Waals surface area (Å²) >= 11 is 0. The van der Waals surface area contributed by atoms with Gasteiger partial charge in [-0.2, -0.15) is 5.26 Å². The molecule has 5 nitrogen and oxygen atoms in total. The van der Waals surface area contributed by atoms with Gasteiger partial charge in [0.05, 0.1) is 18.6 Å². The van der Waals surface area contributed by atoms with Gasteiger partial charge in [-0.3, -0.25) is 4.79 Å². The van der Waals surface area contributed by atoms with Crippen LogP contribution >= 0.6 is 0 Å². The first-order valence-corrected chi connectivity index (χ1v) is 10.1. The van der Waals surface area contributed by atoms with Gasteiger partial charge in [-0.1, -0.05) is 17.7 Å². The number of carbonyl (C=O) groups is 1. The number of ether oxygens (including phenoxy) is 1. The highest BCUT2D eigenvalue weighted by molar-refractivity contribution is 5.81. The average molecular weight is 370 g/mol. The Morgan fingerprint density at radius 3 is 2.52 bits per heavy atom. The number of rotatable bonds is 5. The van der Waals surface area contributed by atoms with E-state index < -0.39 is 5.54 Å². The second kappa shape index (κ2) is 8.41. The summed E-state index contributed by atoms with van der Waals surface area (Å²) in [6, 6.07) is 6.77. The first-order valence-electron chi connectivity index (χ1n) is 10.1. The predicted molar refractivity (Wildman–Crippen MR) is 105 cm³/mol. The highest BCUT2D eigenvalue weighted by atomic mass is 16.5. The lowest BCUT2D eigenvalue weighted by atomic mass is 9.86. The Morgan fingerprint density at radius 1 is 1.30 bits per heavy atom. The molecular weight excluding hydrogens is 338 g/mol. The first kappa shape index (κ1) is 19.9. The lowest BCUT2D eigenvalue weighted by molar-refractivity contribution is -0.138. The van der Waals surface area contributed by atoms with E-state index in [0.29, 0.717) is 25.8 Å². The maximum Gasteiger partial charge on any atom is 0.228 e. The molecule has 1 amide bonds. The Hall–Kier alpha value is -1.90. The molecule has 5 heteroatoms. The van der Waals surface area contributed by atoms with Gasteiger partial charge >= 0.3 is 0 Å². The van der Waals surface area contributed by atoms with Crippen molar-refractivity contribution in [3.8, 4) is 6.07 Å². The second-order valence-electron chi connectivity index (χ2n) is 8.09. The van der Waals surface area contributed by atoms with Crippen LogP contribution in [0.1, 0.15) is 47.9 Å². The lowest BCUT2D eigenvalue weighted by Crippen LogP contribution is -2.58. The summed E-state index contributed by atoms with van der Waals surface area (Å²) in [4.78, 5) is 15.3. The molecule has 2 saturated heterocycles. The van der Waals surface area contributed by atoms with E-state index >= 15 is 0 Å². The van der Waals surface area contributed by atoms with Crippen LogP contribution in [0.2, 0.25) is 0 Å². The predicted octanol–water partition coefficient (Wildman–Crippen LogP) is 2.81. The van der Waals surface area contributed by atoms with Gasteiger partial charge in [0.25, 0.3) is 0 Å². The largest absolute Gasteiger partial charge is 0.376 e. The van der Waals surface area contributed by atoms with Crippen LogP contribution in [0.4, 0.5) is 0 Å². The van der Waals surface area contributed by atoms with E-state index in [1.54, 1.807) is 0 Å². The summed E-state index contributed by atoms with van der Waals surface area (Å²) in [6.07, 6.45) is 3.74. The van der Waals surface area contributed by atoms with E-state index in [-0.39, 0.29) is 12.0 Å². The van der Waals surface area contributed by atoms with Crippen LogP contribution in [0.5, 0.6) is 0 Å². The van der Waals surface area contributed by atoms with Gasteiger partial charge in [0, 0.05) is 13.2 Å². The van der Waals surface area contributed by atoms with Crippen molar-refractivity contribution in [2.45, 2.75) is 64.5 Å². The number of nitriles is 1. The molecule has 2 fully saturated rings. The third-order valence-corrected chi connectivity index (χ3v) is 6.04. The number of hydrogen-bond acceptors (Lipinski definition) is 4. The minimum Gasteiger partial charge on any atom is -0.376 e. The Morgan fingerprint density at radius 2 is 1.96 bits per heavy atom. The maximum atomic E-state index is 13.5. The quantitative estimate of drug-likeness (QED) is 0.867. The van der Waals surface area contributed by atoms with E-state index in [4.69, 9.17) is 4.74 Å². The Bertz CT molecular complexity index is 703. The number of piperidine rings is 1. The molecule has 0 bridgehead atoms. The van der Waals surface area contributed by atoms with Crippen molar-refractivity contribution >= 4 is 5.91 Å². The summed E-state index contributed by atoms with van der Waals surface area (Å²) in [5.74, 6) is 0.0454. The van der Waals surface area contributed by atoms with E-state index in [2.05, 4.69) is 44.3 Å². The number of hydrogen-bond donors (Lipinski definition) is 1. The minimum absolute atomic E-state index is 0.0454. The van der Waals surface area contributed by atoms with Crippen molar-refractivity contribution in [2.75, 3.05) is 26.2 Å². The summed E-state index contributed by atoms with van der Waals surface area (Å²) < 4.78 is 5.81. The Labute approximate surface area is 162 Å². The molecule has 0 saturated carbocycles. The molecule has 1 aromatic carbocycles. The zero-order valence-electron chi connectivity index (χ0n) is 16.8. The molecule has 0 radical (unpaired) electrons. The van der Waals surface area contributed by atoms with E-state index in [1.165, 1.54) is 5.56 Å². The second-order valence-corrected chi connectivity index (χ2v) is 8.09. The van der Waals surface area contributed by atoms with E-state index in [0.717, 1.165) is 49.2 Å². The summed E-state index contributed by atoms with van der Waals surface area (Å²) in [7, 11) is 0. The van der Waals surface area contributed by atoms with Crippen LogP contribution in [-0.2, 0) is 16.0 Å². The third kappa shape index (κ3) is 4.34. The number of amides is 1. The molecule has 1 atom stereocenters. The fraction of sp³-hybridized carbons (Fsp3) is 0.636. The number of nitrogens with zero attached hydrogens (tertiary/aromatic N) is 2. The summed E-state index contributed by atoms with van der Waals surface area (Å²) in [5, 5.41) is 13.3. The lowest BCUT2D eigenvalue weighted by Gasteiger charge is -2.42. The molecule has 2 aliphatic rings. The van der Waals surface area contributed by atoms with E-state index in [1.807, 2.05) is 4.90 Å². The zero-order valence-corrected chi connectivity index (χ0v) is 16.8. The van der Waals surface area contributed by atoms with Crippen molar-refractivity contribution in [3.63, 3.8) is 0 Å². The smallest absolute Gasteiger partial charge is 0.228 e. The van der Waals surface area contributed by atoms with Crippen molar-refractivity contribution in [1.29, 1.82) is 5.26 Å². The van der Waals surface area contributed by atoms with Gasteiger partial charge in [0.2, 0.25) is 5.91 Å². The fourth-order valence-corrected chi connectivity index (χ4v) is 4.53. The van der Waals surface area contributed by atoms with Crippen LogP contribution in [-0.4, -0.2) is 48.7 Å². The maximum absolute atomic E-state index is 13.5. The molecular formula is C22H31N3O2. The normalized spacial score (nSPS) is 21.6. The zero-order chi connectivity index (χ0) is 19.4. The highest BCUT2D eigenvalue weighted by Gasteiger charge is 2.42. The molecule has 0 aliphatic carbocycles. The van der Waals surface area contributed by atoms with Gasteiger partial charge in [0.15, 0.2) is 0 Å². The van der Waals surface area contributed by atoms with Crippen LogP contribution in [0.3, 0.4) is 0 Å². The fourth-order valence-electron chi connectivity index (χ4n) is 4.53. The Kier molecular flexibility index (Phi) is 6.18. The van der Waals surface area contributed by atoms with Crippen LogP contribution in [0, 0.1) is 32.1 Å². The molecule has 0 spiro atoms. The van der Waals surface area contributed by atoms with Crippen LogP contribution in [0.25, 0.3) is 0 Å². The average Bonchev–Trinajstić information content (AvgIpc) is 3.16. The monoisotopic (exact) mass is 369 g/mol. The number of benzene rings is 1. The van der Waals surface area contributed by atoms with Gasteiger partial charge in [0.1, 0.15) is 5.54 Å². The van der Waals surface area contributed by atoms with Crippen LogP contribution in [0.15, 0.2) is 12.1 Å². The standard InChI is InChI=1S/C22H31N3O2/c1-16-11-17(2)20(18(3)12-16)13-21(26)25(14-19-5-4-10-27-19)22(15-23)6-8-24-9-7-22/h11-12,19,24H,4-10,13-14H2,1-3H3. The topological polar surface area (TPSA) is 65.4 Å². The third-order valence-electron chi connectivity index (χ3n) is 6.04. The van der Waals surface area contributed by atoms with E-state index in [9.17, 15) is 10.1 Å².